The van der Waals surface area contributed by atoms with Gasteiger partial charge in [0.2, 0.25) is 0 Å². The Morgan fingerprint density at radius 3 is 1.89 bits per heavy atom. The second-order valence-electron chi connectivity index (χ2n) is 5.36. The van der Waals surface area contributed by atoms with Gasteiger partial charge in [-0.15, -0.1) is 0 Å². The van der Waals surface area contributed by atoms with E-state index < -0.39 is 0 Å². The van der Waals surface area contributed by atoms with Crippen molar-refractivity contribution in [1.82, 2.24) is 10.2 Å². The van der Waals surface area contributed by atoms with Crippen molar-refractivity contribution in [3.8, 4) is 0 Å². The maximum atomic E-state index is 3.15. The fraction of sp³-hybridized carbons (Fsp3) is 1.00. The van der Waals surface area contributed by atoms with Crippen molar-refractivity contribution in [1.29, 1.82) is 0 Å². The van der Waals surface area contributed by atoms with Gasteiger partial charge >= 0.3 is 0 Å². The van der Waals surface area contributed by atoms with E-state index >= 15 is 0 Å². The van der Waals surface area contributed by atoms with Crippen molar-refractivity contribution >= 4 is 0 Å². The zero-order chi connectivity index (χ0) is 15.7. The lowest BCUT2D eigenvalue weighted by atomic mass is 9.95. The van der Waals surface area contributed by atoms with Gasteiger partial charge < -0.3 is 10.2 Å². The summed E-state index contributed by atoms with van der Waals surface area (Å²) in [6.45, 7) is 18.9. The Bertz CT molecular complexity index is 135. The molecule has 2 heteroatoms. The van der Waals surface area contributed by atoms with E-state index in [1.807, 2.05) is 20.9 Å². The Morgan fingerprint density at radius 1 is 1.05 bits per heavy atom. The molecule has 0 bridgehead atoms. The van der Waals surface area contributed by atoms with E-state index in [-0.39, 0.29) is 0 Å². The van der Waals surface area contributed by atoms with E-state index in [4.69, 9.17) is 0 Å². The molecule has 0 amide bonds. The zero-order valence-corrected chi connectivity index (χ0v) is 15.3. The molecule has 0 spiro atoms. The molecule has 2 nitrogen and oxygen atoms in total. The van der Waals surface area contributed by atoms with Gasteiger partial charge in [0.05, 0.1) is 0 Å². The van der Waals surface area contributed by atoms with Gasteiger partial charge in [-0.25, -0.2) is 0 Å². The van der Waals surface area contributed by atoms with Crippen molar-refractivity contribution in [2.75, 3.05) is 33.7 Å². The van der Waals surface area contributed by atoms with E-state index in [0.717, 1.165) is 18.4 Å². The van der Waals surface area contributed by atoms with Crippen molar-refractivity contribution in [3.05, 3.63) is 0 Å². The fourth-order valence-electron chi connectivity index (χ4n) is 1.29. The van der Waals surface area contributed by atoms with Crippen LogP contribution in [0.1, 0.15) is 67.7 Å². The first-order valence-electron chi connectivity index (χ1n) is 8.32. The number of nitrogens with zero attached hydrogens (tertiary/aromatic N) is 1. The molecular formula is C17H42N2. The smallest absolute Gasteiger partial charge is 0.00220 e. The Labute approximate surface area is 124 Å². The second-order valence-corrected chi connectivity index (χ2v) is 5.36. The first-order valence-corrected chi connectivity index (χ1v) is 8.32. The molecule has 0 aliphatic carbocycles. The molecule has 1 atom stereocenters. The fourth-order valence-corrected chi connectivity index (χ4v) is 1.29. The predicted octanol–water partition coefficient (Wildman–Crippen LogP) is 4.65. The van der Waals surface area contributed by atoms with E-state index in [9.17, 15) is 0 Å². The highest BCUT2D eigenvalue weighted by atomic mass is 15.1. The van der Waals surface area contributed by atoms with Crippen LogP contribution in [0.2, 0.25) is 0 Å². The first kappa shape index (κ1) is 24.0. The minimum Gasteiger partial charge on any atom is -0.320 e. The second kappa shape index (κ2) is 20.2. The van der Waals surface area contributed by atoms with Crippen molar-refractivity contribution in [2.45, 2.75) is 67.7 Å². The number of hydrogen-bond donors (Lipinski definition) is 1. The third-order valence-electron chi connectivity index (χ3n) is 3.42. The van der Waals surface area contributed by atoms with Gasteiger partial charge in [0.25, 0.3) is 0 Å². The molecule has 0 aromatic heterocycles. The lowest BCUT2D eigenvalue weighted by Crippen LogP contribution is -2.18. The van der Waals surface area contributed by atoms with Gasteiger partial charge in [-0.3, -0.25) is 0 Å². The predicted molar refractivity (Wildman–Crippen MR) is 92.0 cm³/mol. The largest absolute Gasteiger partial charge is 0.320 e. The molecule has 1 N–H and O–H groups in total. The van der Waals surface area contributed by atoms with E-state index in [0.29, 0.717) is 0 Å². The van der Waals surface area contributed by atoms with Crippen molar-refractivity contribution in [2.24, 2.45) is 11.8 Å². The number of rotatable bonds is 8. The van der Waals surface area contributed by atoms with Crippen LogP contribution in [-0.4, -0.2) is 38.6 Å². The summed E-state index contributed by atoms with van der Waals surface area (Å²) < 4.78 is 0. The third kappa shape index (κ3) is 23.4. The van der Waals surface area contributed by atoms with Crippen LogP contribution in [-0.2, 0) is 0 Å². The quantitative estimate of drug-likeness (QED) is 0.693. The van der Waals surface area contributed by atoms with Crippen LogP contribution in [0.4, 0.5) is 0 Å². The lowest BCUT2D eigenvalue weighted by Gasteiger charge is -2.14. The highest BCUT2D eigenvalue weighted by molar-refractivity contribution is 4.57. The molecule has 0 rings (SSSR count). The minimum atomic E-state index is 0.832. The van der Waals surface area contributed by atoms with E-state index in [1.165, 1.54) is 32.4 Å². The topological polar surface area (TPSA) is 15.3 Å². The average Bonchev–Trinajstić information content (AvgIpc) is 2.44. The Morgan fingerprint density at radius 2 is 1.58 bits per heavy atom. The first-order chi connectivity index (χ1) is 8.99. The van der Waals surface area contributed by atoms with Gasteiger partial charge in [0.1, 0.15) is 0 Å². The van der Waals surface area contributed by atoms with Gasteiger partial charge in [-0.1, -0.05) is 54.9 Å². The summed E-state index contributed by atoms with van der Waals surface area (Å²) >= 11 is 0. The molecule has 120 valence electrons. The zero-order valence-electron chi connectivity index (χ0n) is 15.3. The molecule has 0 aliphatic heterocycles. The van der Waals surface area contributed by atoms with Crippen LogP contribution in [0.3, 0.4) is 0 Å². The Balaban J connectivity index is -0.000000239. The molecule has 0 radical (unpaired) electrons. The molecule has 0 fully saturated rings. The van der Waals surface area contributed by atoms with Crippen LogP contribution in [0, 0.1) is 11.8 Å². The van der Waals surface area contributed by atoms with Gasteiger partial charge in [-0.05, 0) is 58.4 Å². The minimum absolute atomic E-state index is 0.832. The summed E-state index contributed by atoms with van der Waals surface area (Å²) in [6.07, 6.45) is 3.95. The summed E-state index contributed by atoms with van der Waals surface area (Å²) in [7, 11) is 4.17. The molecule has 19 heavy (non-hydrogen) atoms. The van der Waals surface area contributed by atoms with Crippen molar-refractivity contribution in [3.63, 3.8) is 0 Å². The van der Waals surface area contributed by atoms with Crippen LogP contribution in [0.25, 0.3) is 0 Å². The molecule has 0 aromatic carbocycles. The monoisotopic (exact) mass is 274 g/mol. The molecule has 0 heterocycles. The molecule has 0 saturated heterocycles. The maximum Gasteiger partial charge on any atom is -0.00220 e. The summed E-state index contributed by atoms with van der Waals surface area (Å²) in [5, 5.41) is 3.15. The summed E-state index contributed by atoms with van der Waals surface area (Å²) in [5.74, 6) is 1.69. The summed E-state index contributed by atoms with van der Waals surface area (Å²) in [4.78, 5) is 2.34. The Kier molecular flexibility index (Phi) is 25.5. The molecule has 1 unspecified atom stereocenters. The van der Waals surface area contributed by atoms with Crippen LogP contribution in [0.5, 0.6) is 0 Å². The lowest BCUT2D eigenvalue weighted by molar-refractivity contribution is 0.346. The third-order valence-corrected chi connectivity index (χ3v) is 3.42. The summed E-state index contributed by atoms with van der Waals surface area (Å²) in [6, 6.07) is 0. The van der Waals surface area contributed by atoms with Gasteiger partial charge in [0.15, 0.2) is 0 Å². The van der Waals surface area contributed by atoms with Crippen LogP contribution >= 0.6 is 0 Å². The SMILES string of the molecule is CC.CCCCN(C)CC.CNCCC(C)C(C)C. The van der Waals surface area contributed by atoms with Crippen molar-refractivity contribution < 1.29 is 0 Å². The average molecular weight is 275 g/mol. The standard InChI is InChI=1S/C8H19N.C7H17N.C2H6/c1-7(2)8(3)5-6-9-4;1-4-6-7-8(3)5-2;1-2/h7-9H,5-6H2,1-4H3;4-7H2,1-3H3;1-2H3. The number of hydrogen-bond acceptors (Lipinski definition) is 2. The van der Waals surface area contributed by atoms with Gasteiger partial charge in [0, 0.05) is 0 Å². The van der Waals surface area contributed by atoms with E-state index in [2.05, 4.69) is 51.9 Å². The maximum absolute atomic E-state index is 3.15. The molecule has 0 aliphatic rings. The normalized spacial score (nSPS) is 11.5. The highest BCUT2D eigenvalue weighted by Crippen LogP contribution is 2.12. The van der Waals surface area contributed by atoms with Crippen LogP contribution < -0.4 is 5.32 Å². The summed E-state index contributed by atoms with van der Waals surface area (Å²) in [5.41, 5.74) is 0. The molecule has 0 saturated carbocycles. The number of nitrogens with one attached hydrogen (secondary N) is 1. The Hall–Kier alpha value is -0.0800. The number of unbranched alkanes of at least 4 members (excludes halogenated alkanes) is 1. The molecular weight excluding hydrogens is 232 g/mol. The van der Waals surface area contributed by atoms with Crippen LogP contribution in [0.15, 0.2) is 0 Å². The molecule has 0 aromatic rings. The van der Waals surface area contributed by atoms with E-state index in [1.54, 1.807) is 0 Å². The highest BCUT2D eigenvalue weighted by Gasteiger charge is 2.04. The van der Waals surface area contributed by atoms with Gasteiger partial charge in [-0.2, -0.15) is 0 Å².